The van der Waals surface area contributed by atoms with Crippen LogP contribution in [0.5, 0.6) is 5.75 Å². The molecule has 0 radical (unpaired) electrons. The lowest BCUT2D eigenvalue weighted by atomic mass is 9.95. The number of rotatable bonds is 3. The van der Waals surface area contributed by atoms with E-state index in [2.05, 4.69) is 21.4 Å². The van der Waals surface area contributed by atoms with Crippen molar-refractivity contribution in [1.82, 2.24) is 9.97 Å². The number of aromatic nitrogens is 2. The first-order valence-electron chi connectivity index (χ1n) is 7.74. The third-order valence-electron chi connectivity index (χ3n) is 4.36. The number of nitrogens with one attached hydrogen (secondary N) is 2. The molecule has 3 aromatic rings. The Kier molecular flexibility index (Phi) is 3.22. The highest BCUT2D eigenvalue weighted by atomic mass is 16.5. The lowest BCUT2D eigenvalue weighted by Gasteiger charge is -2.13. The van der Waals surface area contributed by atoms with E-state index in [9.17, 15) is 0 Å². The highest BCUT2D eigenvalue weighted by Crippen LogP contribution is 2.34. The van der Waals surface area contributed by atoms with Crippen molar-refractivity contribution in [2.24, 2.45) is 0 Å². The van der Waals surface area contributed by atoms with Crippen LogP contribution in [0.2, 0.25) is 0 Å². The zero-order chi connectivity index (χ0) is 14.9. The summed E-state index contributed by atoms with van der Waals surface area (Å²) in [6, 6.07) is 10.0. The molecule has 2 heterocycles. The molecule has 2 N–H and O–H groups in total. The molecule has 0 amide bonds. The molecule has 0 aliphatic heterocycles. The summed E-state index contributed by atoms with van der Waals surface area (Å²) in [5, 5.41) is 4.76. The summed E-state index contributed by atoms with van der Waals surface area (Å²) in [6.07, 6.45) is 6.65. The number of H-pyrrole nitrogens is 1. The van der Waals surface area contributed by atoms with Crippen molar-refractivity contribution in [1.29, 1.82) is 0 Å². The third kappa shape index (κ3) is 2.21. The molecule has 0 bridgehead atoms. The normalized spacial score (nSPS) is 13.9. The number of hydrogen-bond acceptors (Lipinski definition) is 3. The molecule has 1 aromatic carbocycles. The Morgan fingerprint density at radius 2 is 1.91 bits per heavy atom. The van der Waals surface area contributed by atoms with E-state index in [1.54, 1.807) is 7.11 Å². The van der Waals surface area contributed by atoms with E-state index in [-0.39, 0.29) is 0 Å². The highest BCUT2D eigenvalue weighted by Gasteiger charge is 2.18. The molecule has 0 saturated carbocycles. The van der Waals surface area contributed by atoms with Crippen molar-refractivity contribution >= 4 is 22.4 Å². The van der Waals surface area contributed by atoms with Crippen LogP contribution in [0.4, 0.5) is 11.4 Å². The zero-order valence-corrected chi connectivity index (χ0v) is 12.6. The Bertz CT molecular complexity index is 805. The van der Waals surface area contributed by atoms with Gasteiger partial charge in [-0.15, -0.1) is 0 Å². The summed E-state index contributed by atoms with van der Waals surface area (Å²) in [5.74, 6) is 0.865. The van der Waals surface area contributed by atoms with Crippen LogP contribution in [-0.2, 0) is 12.8 Å². The smallest absolute Gasteiger partial charge is 0.139 e. The van der Waals surface area contributed by atoms with Crippen LogP contribution in [0.15, 0.2) is 36.5 Å². The first kappa shape index (κ1) is 13.2. The van der Waals surface area contributed by atoms with Gasteiger partial charge in [0.15, 0.2) is 0 Å². The largest absolute Gasteiger partial charge is 0.497 e. The average Bonchev–Trinajstić information content (AvgIpc) is 2.95. The fourth-order valence-corrected chi connectivity index (χ4v) is 3.26. The van der Waals surface area contributed by atoms with Gasteiger partial charge in [0.2, 0.25) is 0 Å². The van der Waals surface area contributed by atoms with E-state index < -0.39 is 0 Å². The van der Waals surface area contributed by atoms with Gasteiger partial charge in [0, 0.05) is 23.0 Å². The molecule has 4 rings (SSSR count). The predicted molar refractivity (Wildman–Crippen MR) is 89.0 cm³/mol. The second-order valence-corrected chi connectivity index (χ2v) is 5.72. The van der Waals surface area contributed by atoms with Crippen molar-refractivity contribution in [2.75, 3.05) is 12.4 Å². The predicted octanol–water partition coefficient (Wildman–Crippen LogP) is 4.19. The standard InChI is InChI=1S/C18H19N3O/c1-22-13-8-6-12(7-9-13)20-16-10-11-19-18-17(16)14-4-2-3-5-15(14)21-18/h6-11H,2-5H2,1H3,(H2,19,20,21). The topological polar surface area (TPSA) is 49.9 Å². The maximum absolute atomic E-state index is 5.21. The van der Waals surface area contributed by atoms with Crippen LogP contribution in [0.25, 0.3) is 11.0 Å². The first-order valence-corrected chi connectivity index (χ1v) is 7.74. The van der Waals surface area contributed by atoms with Gasteiger partial charge < -0.3 is 15.0 Å². The van der Waals surface area contributed by atoms with Crippen molar-refractivity contribution in [3.63, 3.8) is 0 Å². The minimum atomic E-state index is 0.865. The Hall–Kier alpha value is -2.49. The zero-order valence-electron chi connectivity index (χ0n) is 12.6. The van der Waals surface area contributed by atoms with Crippen LogP contribution >= 0.6 is 0 Å². The van der Waals surface area contributed by atoms with Crippen molar-refractivity contribution in [3.05, 3.63) is 47.8 Å². The summed E-state index contributed by atoms with van der Waals surface area (Å²) < 4.78 is 5.21. The lowest BCUT2D eigenvalue weighted by molar-refractivity contribution is 0.415. The molecule has 4 nitrogen and oxygen atoms in total. The molecule has 0 atom stereocenters. The van der Waals surface area contributed by atoms with Crippen molar-refractivity contribution < 1.29 is 4.74 Å². The van der Waals surface area contributed by atoms with E-state index in [1.165, 1.54) is 29.5 Å². The quantitative estimate of drug-likeness (QED) is 0.761. The number of anilines is 2. The molecule has 2 aromatic heterocycles. The number of ether oxygens (including phenoxy) is 1. The Morgan fingerprint density at radius 1 is 1.09 bits per heavy atom. The lowest BCUT2D eigenvalue weighted by Crippen LogP contribution is -2.01. The minimum Gasteiger partial charge on any atom is -0.497 e. The number of aryl methyl sites for hydroxylation is 2. The first-order chi connectivity index (χ1) is 10.8. The van der Waals surface area contributed by atoms with Gasteiger partial charge in [-0.05, 0) is 61.6 Å². The number of benzene rings is 1. The molecular weight excluding hydrogens is 274 g/mol. The molecule has 0 fully saturated rings. The van der Waals surface area contributed by atoms with Crippen LogP contribution in [0.3, 0.4) is 0 Å². The van der Waals surface area contributed by atoms with Crippen LogP contribution in [0.1, 0.15) is 24.1 Å². The second-order valence-electron chi connectivity index (χ2n) is 5.72. The second kappa shape index (κ2) is 5.37. The Morgan fingerprint density at radius 3 is 2.73 bits per heavy atom. The number of nitrogens with zero attached hydrogens (tertiary/aromatic N) is 1. The van der Waals surface area contributed by atoms with Crippen molar-refractivity contribution in [2.45, 2.75) is 25.7 Å². The average molecular weight is 293 g/mol. The maximum atomic E-state index is 5.21. The molecule has 22 heavy (non-hydrogen) atoms. The van der Waals surface area contributed by atoms with Gasteiger partial charge in [-0.2, -0.15) is 0 Å². The summed E-state index contributed by atoms with van der Waals surface area (Å²) in [5.41, 5.74) is 5.96. The third-order valence-corrected chi connectivity index (χ3v) is 4.36. The van der Waals surface area contributed by atoms with E-state index in [4.69, 9.17) is 4.74 Å². The summed E-state index contributed by atoms with van der Waals surface area (Å²) in [7, 11) is 1.68. The molecule has 0 saturated heterocycles. The number of aromatic amines is 1. The van der Waals surface area contributed by atoms with Gasteiger partial charge in [0.25, 0.3) is 0 Å². The van der Waals surface area contributed by atoms with Gasteiger partial charge in [-0.1, -0.05) is 0 Å². The summed E-state index contributed by atoms with van der Waals surface area (Å²) in [4.78, 5) is 7.99. The van der Waals surface area contributed by atoms with Crippen LogP contribution < -0.4 is 10.1 Å². The monoisotopic (exact) mass is 293 g/mol. The van der Waals surface area contributed by atoms with Gasteiger partial charge in [-0.3, -0.25) is 0 Å². The van der Waals surface area contributed by atoms with Gasteiger partial charge in [-0.25, -0.2) is 4.98 Å². The van der Waals surface area contributed by atoms with Crippen molar-refractivity contribution in [3.8, 4) is 5.75 Å². The Balaban J connectivity index is 1.75. The minimum absolute atomic E-state index is 0.865. The fraction of sp³-hybridized carbons (Fsp3) is 0.278. The summed E-state index contributed by atoms with van der Waals surface area (Å²) in [6.45, 7) is 0. The number of pyridine rings is 1. The van der Waals surface area contributed by atoms with E-state index in [1.807, 2.05) is 30.5 Å². The maximum Gasteiger partial charge on any atom is 0.139 e. The molecule has 1 aliphatic rings. The van der Waals surface area contributed by atoms with E-state index >= 15 is 0 Å². The summed E-state index contributed by atoms with van der Waals surface area (Å²) >= 11 is 0. The van der Waals surface area contributed by atoms with Gasteiger partial charge in [0.1, 0.15) is 11.4 Å². The fourth-order valence-electron chi connectivity index (χ4n) is 3.26. The molecule has 112 valence electrons. The van der Waals surface area contributed by atoms with Gasteiger partial charge >= 0.3 is 0 Å². The Labute approximate surface area is 129 Å². The molecule has 1 aliphatic carbocycles. The van der Waals surface area contributed by atoms with E-state index in [0.29, 0.717) is 0 Å². The van der Waals surface area contributed by atoms with Crippen LogP contribution in [0, 0.1) is 0 Å². The highest BCUT2D eigenvalue weighted by molar-refractivity contribution is 5.95. The number of fused-ring (bicyclic) bond motifs is 3. The SMILES string of the molecule is COc1ccc(Nc2ccnc3[nH]c4c(c23)CCCC4)cc1. The molecule has 0 spiro atoms. The van der Waals surface area contributed by atoms with Gasteiger partial charge in [0.05, 0.1) is 12.8 Å². The molecule has 4 heteroatoms. The number of methoxy groups -OCH3 is 1. The molecule has 0 unspecified atom stereocenters. The van der Waals surface area contributed by atoms with E-state index in [0.717, 1.165) is 35.6 Å². The number of hydrogen-bond donors (Lipinski definition) is 2. The molecular formula is C18H19N3O. The van der Waals surface area contributed by atoms with Crippen LogP contribution in [-0.4, -0.2) is 17.1 Å².